The molecule has 0 heterocycles. The zero-order chi connectivity index (χ0) is 14.2. The minimum Gasteiger partial charge on any atom is -0.207 e. The number of hydrogen-bond donors (Lipinski definition) is 0. The maximum Gasteiger partial charge on any atom is 0.137 e. The molecule has 2 rings (SSSR count). The van der Waals surface area contributed by atoms with Crippen molar-refractivity contribution < 1.29 is 17.6 Å². The highest BCUT2D eigenvalue weighted by atomic mass is 79.9. The van der Waals surface area contributed by atoms with Gasteiger partial charge in [-0.25, -0.2) is 17.6 Å². The smallest absolute Gasteiger partial charge is 0.137 e. The fraction of sp³-hybridized carbons (Fsp3) is 0.0769. The molecule has 0 radical (unpaired) electrons. The number of alkyl halides is 1. The van der Waals surface area contributed by atoms with Crippen molar-refractivity contribution in [3.8, 4) is 0 Å². The third-order valence-electron chi connectivity index (χ3n) is 2.55. The molecule has 1 atom stereocenters. The van der Waals surface area contributed by atoms with Gasteiger partial charge in [-0.15, -0.1) is 0 Å². The van der Waals surface area contributed by atoms with E-state index in [1.165, 1.54) is 6.07 Å². The third-order valence-corrected chi connectivity index (χ3v) is 4.14. The first kappa shape index (κ1) is 14.5. The maximum absolute atomic E-state index is 13.8. The third kappa shape index (κ3) is 3.00. The van der Waals surface area contributed by atoms with Crippen LogP contribution in [0.3, 0.4) is 0 Å². The first-order valence-corrected chi connectivity index (χ1v) is 6.84. The second-order valence-corrected chi connectivity index (χ2v) is 5.59. The molecule has 0 aliphatic rings. The first-order chi connectivity index (χ1) is 8.90. The normalized spacial score (nSPS) is 12.5. The van der Waals surface area contributed by atoms with E-state index in [9.17, 15) is 17.6 Å². The Bertz CT molecular complexity index is 628. The zero-order valence-electron chi connectivity index (χ0n) is 9.23. The first-order valence-electron chi connectivity index (χ1n) is 5.13. The van der Waals surface area contributed by atoms with Gasteiger partial charge in [-0.1, -0.05) is 22.0 Å². The fourth-order valence-corrected chi connectivity index (χ4v) is 2.64. The van der Waals surface area contributed by atoms with Gasteiger partial charge in [0.05, 0.1) is 9.30 Å². The Balaban J connectivity index is 2.49. The molecule has 0 N–H and O–H groups in total. The summed E-state index contributed by atoms with van der Waals surface area (Å²) in [4.78, 5) is -0.907. The standard InChI is InChI=1S/C13H6Br2F4/c14-9-5-11(18)8(4-12(9)19)13(15)7-2-1-6(16)3-10(7)17/h1-5,13H. The molecular formula is C13H6Br2F4. The zero-order valence-corrected chi connectivity index (χ0v) is 12.4. The van der Waals surface area contributed by atoms with Gasteiger partial charge in [0.15, 0.2) is 0 Å². The highest BCUT2D eigenvalue weighted by Gasteiger charge is 2.20. The highest BCUT2D eigenvalue weighted by molar-refractivity contribution is 9.10. The summed E-state index contributed by atoms with van der Waals surface area (Å²) in [5.41, 5.74) is -0.0340. The Hall–Kier alpha value is -0.880. The van der Waals surface area contributed by atoms with Gasteiger partial charge in [0, 0.05) is 17.2 Å². The Morgan fingerprint density at radius 2 is 1.42 bits per heavy atom. The maximum atomic E-state index is 13.8. The topological polar surface area (TPSA) is 0 Å². The van der Waals surface area contributed by atoms with Crippen molar-refractivity contribution in [1.82, 2.24) is 0 Å². The lowest BCUT2D eigenvalue weighted by Crippen LogP contribution is -2.01. The molecule has 0 nitrogen and oxygen atoms in total. The lowest BCUT2D eigenvalue weighted by atomic mass is 10.0. The Morgan fingerprint density at radius 3 is 2.05 bits per heavy atom. The summed E-state index contributed by atoms with van der Waals surface area (Å²) in [6, 6.07) is 4.85. The van der Waals surface area contributed by atoms with E-state index in [4.69, 9.17) is 0 Å². The molecule has 0 aliphatic carbocycles. The number of benzene rings is 2. The van der Waals surface area contributed by atoms with E-state index < -0.39 is 28.1 Å². The van der Waals surface area contributed by atoms with Gasteiger partial charge in [-0.3, -0.25) is 0 Å². The van der Waals surface area contributed by atoms with E-state index >= 15 is 0 Å². The van der Waals surface area contributed by atoms with Crippen molar-refractivity contribution in [2.24, 2.45) is 0 Å². The molecule has 0 spiro atoms. The SMILES string of the molecule is Fc1ccc(C(Br)c2cc(F)c(Br)cc2F)c(F)c1. The molecule has 2 aromatic rings. The summed E-state index contributed by atoms with van der Waals surface area (Å²) < 4.78 is 53.6. The summed E-state index contributed by atoms with van der Waals surface area (Å²) >= 11 is 5.95. The molecule has 19 heavy (non-hydrogen) atoms. The minimum absolute atomic E-state index is 0.0203. The van der Waals surface area contributed by atoms with E-state index in [0.29, 0.717) is 6.07 Å². The van der Waals surface area contributed by atoms with Gasteiger partial charge in [-0.05, 0) is 34.1 Å². The number of rotatable bonds is 2. The van der Waals surface area contributed by atoms with E-state index in [2.05, 4.69) is 31.9 Å². The highest BCUT2D eigenvalue weighted by Crippen LogP contribution is 2.35. The quantitative estimate of drug-likeness (QED) is 0.357. The van der Waals surface area contributed by atoms with Gasteiger partial charge >= 0.3 is 0 Å². The van der Waals surface area contributed by atoms with Crippen LogP contribution < -0.4 is 0 Å². The molecule has 0 saturated heterocycles. The van der Waals surface area contributed by atoms with Crippen LogP contribution in [0, 0.1) is 23.3 Å². The van der Waals surface area contributed by atoms with Crippen LogP contribution >= 0.6 is 31.9 Å². The lowest BCUT2D eigenvalue weighted by molar-refractivity contribution is 0.566. The number of halogens is 6. The van der Waals surface area contributed by atoms with Crippen molar-refractivity contribution in [2.45, 2.75) is 4.83 Å². The van der Waals surface area contributed by atoms with Gasteiger partial charge in [0.2, 0.25) is 0 Å². The van der Waals surface area contributed by atoms with Crippen LogP contribution in [0.2, 0.25) is 0 Å². The van der Waals surface area contributed by atoms with Crippen molar-refractivity contribution in [2.75, 3.05) is 0 Å². The summed E-state index contributed by atoms with van der Waals surface area (Å²) in [5, 5.41) is 0. The van der Waals surface area contributed by atoms with Crippen LogP contribution in [0.4, 0.5) is 17.6 Å². The van der Waals surface area contributed by atoms with E-state index in [1.807, 2.05) is 0 Å². The van der Waals surface area contributed by atoms with Gasteiger partial charge < -0.3 is 0 Å². The van der Waals surface area contributed by atoms with E-state index in [-0.39, 0.29) is 15.6 Å². The molecule has 0 bridgehead atoms. The average Bonchev–Trinajstić information content (AvgIpc) is 2.33. The molecule has 100 valence electrons. The van der Waals surface area contributed by atoms with E-state index in [0.717, 1.165) is 18.2 Å². The molecule has 6 heteroatoms. The fourth-order valence-electron chi connectivity index (χ4n) is 1.61. The molecule has 0 amide bonds. The van der Waals surface area contributed by atoms with Crippen molar-refractivity contribution in [3.05, 3.63) is 69.2 Å². The molecule has 0 aliphatic heterocycles. The van der Waals surface area contributed by atoms with Crippen LogP contribution in [0.25, 0.3) is 0 Å². The lowest BCUT2D eigenvalue weighted by Gasteiger charge is -2.13. The van der Waals surface area contributed by atoms with Gasteiger partial charge in [0.25, 0.3) is 0 Å². The molecule has 1 unspecified atom stereocenters. The van der Waals surface area contributed by atoms with Crippen molar-refractivity contribution >= 4 is 31.9 Å². The van der Waals surface area contributed by atoms with Crippen LogP contribution in [-0.4, -0.2) is 0 Å². The molecule has 0 aromatic heterocycles. The van der Waals surface area contributed by atoms with Crippen LogP contribution in [0.5, 0.6) is 0 Å². The second-order valence-electron chi connectivity index (χ2n) is 3.82. The number of hydrogen-bond acceptors (Lipinski definition) is 0. The summed E-state index contributed by atoms with van der Waals surface area (Å²) in [7, 11) is 0. The van der Waals surface area contributed by atoms with Crippen LogP contribution in [0.15, 0.2) is 34.8 Å². The average molecular weight is 398 g/mol. The van der Waals surface area contributed by atoms with Crippen LogP contribution in [-0.2, 0) is 0 Å². The van der Waals surface area contributed by atoms with Crippen LogP contribution in [0.1, 0.15) is 16.0 Å². The summed E-state index contributed by atoms with van der Waals surface area (Å²) in [6.45, 7) is 0. The minimum atomic E-state index is -0.907. The second kappa shape index (κ2) is 5.63. The van der Waals surface area contributed by atoms with Gasteiger partial charge in [-0.2, -0.15) is 0 Å². The largest absolute Gasteiger partial charge is 0.207 e. The predicted octanol–water partition coefficient (Wildman–Crippen LogP) is 5.49. The molecular weight excluding hydrogens is 392 g/mol. The Labute approximate surface area is 123 Å². The molecule has 0 saturated carbocycles. The summed E-state index contributed by atoms with van der Waals surface area (Å²) in [5.74, 6) is -2.92. The Kier molecular flexibility index (Phi) is 4.30. The van der Waals surface area contributed by atoms with Crippen molar-refractivity contribution in [3.63, 3.8) is 0 Å². The molecule has 0 fully saturated rings. The van der Waals surface area contributed by atoms with E-state index in [1.54, 1.807) is 0 Å². The predicted molar refractivity (Wildman–Crippen MR) is 71.2 cm³/mol. The monoisotopic (exact) mass is 396 g/mol. The van der Waals surface area contributed by atoms with Gasteiger partial charge in [0.1, 0.15) is 23.3 Å². The summed E-state index contributed by atoms with van der Waals surface area (Å²) in [6.07, 6.45) is 0. The van der Waals surface area contributed by atoms with Crippen molar-refractivity contribution in [1.29, 1.82) is 0 Å². The Morgan fingerprint density at radius 1 is 0.789 bits per heavy atom. The molecule has 2 aromatic carbocycles.